The van der Waals surface area contributed by atoms with Gasteiger partial charge < -0.3 is 0 Å². The van der Waals surface area contributed by atoms with Crippen LogP contribution in [0.15, 0.2) is 24.3 Å². The highest BCUT2D eigenvalue weighted by molar-refractivity contribution is 9.09. The van der Waals surface area contributed by atoms with Gasteiger partial charge in [-0.2, -0.15) is 0 Å². The molecular formula is C10H11Br. The second-order valence-electron chi connectivity index (χ2n) is 3.27. The second kappa shape index (κ2) is 2.78. The fourth-order valence-electron chi connectivity index (χ4n) is 1.82. The van der Waals surface area contributed by atoms with E-state index in [0.717, 1.165) is 0 Å². The molecule has 0 aromatic carbocycles. The molecule has 0 N–H and O–H groups in total. The number of hydrogen-bond acceptors (Lipinski definition) is 0. The molecule has 0 aliphatic heterocycles. The highest BCUT2D eigenvalue weighted by atomic mass is 79.9. The van der Waals surface area contributed by atoms with Gasteiger partial charge >= 0.3 is 0 Å². The molecule has 4 atom stereocenters. The van der Waals surface area contributed by atoms with E-state index in [-0.39, 0.29) is 0 Å². The van der Waals surface area contributed by atoms with Gasteiger partial charge in [0.2, 0.25) is 0 Å². The first kappa shape index (κ1) is 7.60. The summed E-state index contributed by atoms with van der Waals surface area (Å²) in [7, 11) is 0. The lowest BCUT2D eigenvalue weighted by Gasteiger charge is -2.17. The van der Waals surface area contributed by atoms with Crippen LogP contribution in [0.5, 0.6) is 0 Å². The SMILES string of the molecule is CC1[C]C2C=CC=CC2C1Br. The molecule has 58 valence electrons. The monoisotopic (exact) mass is 210 g/mol. The molecule has 0 bridgehead atoms. The summed E-state index contributed by atoms with van der Waals surface area (Å²) in [6.07, 6.45) is 12.3. The van der Waals surface area contributed by atoms with Crippen LogP contribution in [0.25, 0.3) is 0 Å². The number of alkyl halides is 1. The van der Waals surface area contributed by atoms with Crippen molar-refractivity contribution in [1.82, 2.24) is 0 Å². The summed E-state index contributed by atoms with van der Waals surface area (Å²) in [5.74, 6) is 1.78. The number of fused-ring (bicyclic) bond motifs is 1. The summed E-state index contributed by atoms with van der Waals surface area (Å²) in [6, 6.07) is 0. The van der Waals surface area contributed by atoms with E-state index in [4.69, 9.17) is 0 Å². The first-order valence-electron chi connectivity index (χ1n) is 4.04. The average molecular weight is 211 g/mol. The molecule has 0 aromatic rings. The van der Waals surface area contributed by atoms with Gasteiger partial charge in [0.1, 0.15) is 0 Å². The molecule has 1 heteroatoms. The van der Waals surface area contributed by atoms with Crippen molar-refractivity contribution >= 4 is 15.9 Å². The van der Waals surface area contributed by atoms with Crippen LogP contribution >= 0.6 is 15.9 Å². The van der Waals surface area contributed by atoms with Crippen molar-refractivity contribution in [3.05, 3.63) is 30.7 Å². The lowest BCUT2D eigenvalue weighted by atomic mass is 9.92. The smallest absolute Gasteiger partial charge is 0.0246 e. The van der Waals surface area contributed by atoms with E-state index in [1.165, 1.54) is 0 Å². The molecule has 2 aliphatic rings. The highest BCUT2D eigenvalue weighted by Crippen LogP contribution is 2.42. The molecule has 4 unspecified atom stereocenters. The minimum Gasteiger partial charge on any atom is -0.0881 e. The van der Waals surface area contributed by atoms with Crippen LogP contribution in [0.4, 0.5) is 0 Å². The predicted molar refractivity (Wildman–Crippen MR) is 50.4 cm³/mol. The Balaban J connectivity index is 2.20. The zero-order valence-electron chi connectivity index (χ0n) is 6.50. The van der Waals surface area contributed by atoms with Crippen LogP contribution in [-0.2, 0) is 0 Å². The normalized spacial score (nSPS) is 47.8. The van der Waals surface area contributed by atoms with Gasteiger partial charge in [-0.15, -0.1) is 0 Å². The third kappa shape index (κ3) is 1.20. The van der Waals surface area contributed by atoms with Crippen LogP contribution in [-0.4, -0.2) is 4.83 Å². The summed E-state index contributed by atoms with van der Waals surface area (Å²) >= 11 is 3.70. The third-order valence-corrected chi connectivity index (χ3v) is 3.88. The zero-order chi connectivity index (χ0) is 7.84. The van der Waals surface area contributed by atoms with Crippen molar-refractivity contribution in [3.63, 3.8) is 0 Å². The summed E-state index contributed by atoms with van der Waals surface area (Å²) in [6.45, 7) is 2.22. The lowest BCUT2D eigenvalue weighted by molar-refractivity contribution is 0.586. The summed E-state index contributed by atoms with van der Waals surface area (Å²) in [5, 5.41) is 0. The maximum atomic E-state index is 3.70. The number of rotatable bonds is 0. The number of halogens is 1. The Labute approximate surface area is 76.5 Å². The first-order valence-corrected chi connectivity index (χ1v) is 4.96. The Kier molecular flexibility index (Phi) is 1.92. The topological polar surface area (TPSA) is 0 Å². The molecule has 0 saturated heterocycles. The van der Waals surface area contributed by atoms with Gasteiger partial charge in [-0.3, -0.25) is 0 Å². The van der Waals surface area contributed by atoms with Gasteiger partial charge in [-0.1, -0.05) is 47.2 Å². The van der Waals surface area contributed by atoms with Crippen molar-refractivity contribution in [2.45, 2.75) is 11.8 Å². The minimum atomic E-state index is 0.555. The Morgan fingerprint density at radius 2 is 2.00 bits per heavy atom. The molecule has 1 fully saturated rings. The third-order valence-electron chi connectivity index (χ3n) is 2.48. The Hall–Kier alpha value is -0.0400. The standard InChI is InChI=1S/C10H11Br/c1-7-6-8-4-2-3-5-9(8)10(7)11/h2-5,7-10H,1H3. The highest BCUT2D eigenvalue weighted by Gasteiger charge is 2.37. The largest absolute Gasteiger partial charge is 0.0881 e. The van der Waals surface area contributed by atoms with E-state index < -0.39 is 0 Å². The minimum absolute atomic E-state index is 0.555. The van der Waals surface area contributed by atoms with E-state index in [2.05, 4.69) is 53.6 Å². The zero-order valence-corrected chi connectivity index (χ0v) is 8.08. The van der Waals surface area contributed by atoms with Gasteiger partial charge in [0.25, 0.3) is 0 Å². The van der Waals surface area contributed by atoms with Crippen molar-refractivity contribution in [3.8, 4) is 0 Å². The van der Waals surface area contributed by atoms with E-state index >= 15 is 0 Å². The molecule has 2 radical (unpaired) electrons. The van der Waals surface area contributed by atoms with Gasteiger partial charge in [0, 0.05) is 4.83 Å². The van der Waals surface area contributed by atoms with Crippen LogP contribution in [0.3, 0.4) is 0 Å². The van der Waals surface area contributed by atoms with Crippen molar-refractivity contribution in [1.29, 1.82) is 0 Å². The maximum Gasteiger partial charge on any atom is 0.0246 e. The molecule has 0 nitrogen and oxygen atoms in total. The van der Waals surface area contributed by atoms with E-state index in [9.17, 15) is 0 Å². The molecule has 1 saturated carbocycles. The van der Waals surface area contributed by atoms with E-state index in [1.54, 1.807) is 0 Å². The van der Waals surface area contributed by atoms with Crippen molar-refractivity contribution < 1.29 is 0 Å². The number of hydrogen-bond donors (Lipinski definition) is 0. The Morgan fingerprint density at radius 1 is 1.27 bits per heavy atom. The fourth-order valence-corrected chi connectivity index (χ4v) is 2.48. The molecule has 11 heavy (non-hydrogen) atoms. The van der Waals surface area contributed by atoms with Gasteiger partial charge in [-0.05, 0) is 24.2 Å². The van der Waals surface area contributed by atoms with E-state index in [1.807, 2.05) is 0 Å². The van der Waals surface area contributed by atoms with Crippen LogP contribution in [0.2, 0.25) is 0 Å². The molecule has 2 aliphatic carbocycles. The van der Waals surface area contributed by atoms with Crippen LogP contribution in [0.1, 0.15) is 6.92 Å². The lowest BCUT2D eigenvalue weighted by Crippen LogP contribution is -2.14. The summed E-state index contributed by atoms with van der Waals surface area (Å²) in [4.78, 5) is 0.591. The average Bonchev–Trinajstić information content (AvgIpc) is 2.30. The molecule has 2 rings (SSSR count). The molecule has 0 aromatic heterocycles. The first-order chi connectivity index (χ1) is 5.29. The molecule has 0 amide bonds. The van der Waals surface area contributed by atoms with Gasteiger partial charge in [0.15, 0.2) is 0 Å². The summed E-state index contributed by atoms with van der Waals surface area (Å²) < 4.78 is 0. The van der Waals surface area contributed by atoms with Gasteiger partial charge in [-0.25, -0.2) is 0 Å². The second-order valence-corrected chi connectivity index (χ2v) is 4.33. The van der Waals surface area contributed by atoms with Gasteiger partial charge in [0.05, 0.1) is 0 Å². The number of allylic oxidation sites excluding steroid dienone is 4. The van der Waals surface area contributed by atoms with Crippen LogP contribution < -0.4 is 0 Å². The maximum absolute atomic E-state index is 3.70. The quantitative estimate of drug-likeness (QED) is 0.540. The summed E-state index contributed by atoms with van der Waals surface area (Å²) in [5.41, 5.74) is 0. The molecule has 0 heterocycles. The van der Waals surface area contributed by atoms with Crippen molar-refractivity contribution in [2.75, 3.05) is 0 Å². The molecular weight excluding hydrogens is 200 g/mol. The molecule has 0 spiro atoms. The Morgan fingerprint density at radius 3 is 2.73 bits per heavy atom. The predicted octanol–water partition coefficient (Wildman–Crippen LogP) is 2.84. The van der Waals surface area contributed by atoms with E-state index in [0.29, 0.717) is 22.6 Å². The Bertz CT molecular complexity index is 205. The fraction of sp³-hybridized carbons (Fsp3) is 0.500. The van der Waals surface area contributed by atoms with Crippen molar-refractivity contribution in [2.24, 2.45) is 17.8 Å². The van der Waals surface area contributed by atoms with Crippen LogP contribution in [0, 0.1) is 24.2 Å².